The van der Waals surface area contributed by atoms with Gasteiger partial charge in [-0.05, 0) is 38.8 Å². The lowest BCUT2D eigenvalue weighted by molar-refractivity contribution is -0.113. The standard InChI is InChI=1S/C24H26N4O6S/c1-24(2)10-13(3-4-34-24)28-21-19(23(31)27-28)20(35-11-18(29)26-21)14-7-12-8-16-17(33-6-5-32-16)9-15(12)25-22(14)30/h7-9,13,20H,3-6,10-11H2,1-2H3,(H,25,30)(H,26,29)(H,27,31)/t13-,20-/m1/s1. The molecule has 0 aliphatic carbocycles. The molecule has 3 aliphatic heterocycles. The first-order valence-corrected chi connectivity index (χ1v) is 12.7. The molecule has 6 rings (SSSR count). The van der Waals surface area contributed by atoms with Crippen LogP contribution in [0.15, 0.2) is 27.8 Å². The van der Waals surface area contributed by atoms with Gasteiger partial charge >= 0.3 is 0 Å². The quantitative estimate of drug-likeness (QED) is 0.496. The van der Waals surface area contributed by atoms with Crippen molar-refractivity contribution in [3.05, 3.63) is 50.0 Å². The fourth-order valence-electron chi connectivity index (χ4n) is 5.14. The average Bonchev–Trinajstić information content (AvgIpc) is 3.02. The number of hydrogen-bond donors (Lipinski definition) is 3. The van der Waals surface area contributed by atoms with Crippen molar-refractivity contribution in [3.63, 3.8) is 0 Å². The third-order valence-electron chi connectivity index (χ3n) is 6.72. The van der Waals surface area contributed by atoms with E-state index in [9.17, 15) is 14.4 Å². The molecule has 1 fully saturated rings. The summed E-state index contributed by atoms with van der Waals surface area (Å²) in [5.74, 6) is 1.53. The number of thioether (sulfide) groups is 1. The molecule has 35 heavy (non-hydrogen) atoms. The summed E-state index contributed by atoms with van der Waals surface area (Å²) in [7, 11) is 0. The zero-order valence-corrected chi connectivity index (χ0v) is 20.3. The van der Waals surface area contributed by atoms with E-state index in [4.69, 9.17) is 14.2 Å². The molecule has 184 valence electrons. The lowest BCUT2D eigenvalue weighted by atomic mass is 9.94. The molecule has 3 aliphatic rings. The van der Waals surface area contributed by atoms with Crippen LogP contribution < -0.4 is 25.9 Å². The first kappa shape index (κ1) is 22.3. The SMILES string of the molecule is CC1(C)C[C@H](n2[nH]c(=O)c3c2NC(=O)CS[C@@H]3c2cc3cc4c(cc3[nH]c2=O)OCCO4)CCO1. The topological polar surface area (TPSA) is 127 Å². The molecule has 11 heteroatoms. The second-order valence-corrected chi connectivity index (χ2v) is 10.8. The zero-order valence-electron chi connectivity index (χ0n) is 19.4. The van der Waals surface area contributed by atoms with Crippen molar-refractivity contribution >= 4 is 34.4 Å². The molecule has 3 N–H and O–H groups in total. The fourth-order valence-corrected chi connectivity index (χ4v) is 6.27. The number of pyridine rings is 1. The molecule has 0 bridgehead atoms. The minimum Gasteiger partial charge on any atom is -0.486 e. The van der Waals surface area contributed by atoms with Crippen molar-refractivity contribution in [1.29, 1.82) is 0 Å². The number of anilines is 1. The molecule has 0 saturated carbocycles. The minimum atomic E-state index is -0.622. The number of fused-ring (bicyclic) bond motifs is 3. The summed E-state index contributed by atoms with van der Waals surface area (Å²) in [6, 6.07) is 5.31. The Bertz CT molecular complexity index is 1450. The Morgan fingerprint density at radius 3 is 2.57 bits per heavy atom. The summed E-state index contributed by atoms with van der Waals surface area (Å²) in [6.07, 6.45) is 1.39. The monoisotopic (exact) mass is 498 g/mol. The maximum atomic E-state index is 13.3. The van der Waals surface area contributed by atoms with Gasteiger partial charge in [0.25, 0.3) is 11.1 Å². The first-order valence-electron chi connectivity index (χ1n) is 11.7. The molecule has 0 spiro atoms. The summed E-state index contributed by atoms with van der Waals surface area (Å²) in [5.41, 5.74) is 0.435. The van der Waals surface area contributed by atoms with Crippen LogP contribution in [0.4, 0.5) is 5.82 Å². The highest BCUT2D eigenvalue weighted by Crippen LogP contribution is 2.42. The Morgan fingerprint density at radius 1 is 1.03 bits per heavy atom. The van der Waals surface area contributed by atoms with E-state index in [1.807, 2.05) is 19.9 Å². The fraction of sp³-hybridized carbons (Fsp3) is 0.458. The summed E-state index contributed by atoms with van der Waals surface area (Å²) in [6.45, 7) is 5.49. The molecule has 0 radical (unpaired) electrons. The van der Waals surface area contributed by atoms with Gasteiger partial charge in [-0.15, -0.1) is 11.8 Å². The van der Waals surface area contributed by atoms with Crippen molar-refractivity contribution in [2.45, 2.75) is 43.6 Å². The van der Waals surface area contributed by atoms with E-state index in [2.05, 4.69) is 15.4 Å². The van der Waals surface area contributed by atoms with E-state index in [-0.39, 0.29) is 34.4 Å². The highest BCUT2D eigenvalue weighted by Gasteiger charge is 2.36. The molecule has 10 nitrogen and oxygen atoms in total. The van der Waals surface area contributed by atoms with Crippen molar-refractivity contribution in [2.24, 2.45) is 0 Å². The second kappa shape index (κ2) is 8.20. The number of nitrogens with one attached hydrogen (secondary N) is 3. The minimum absolute atomic E-state index is 0.0437. The van der Waals surface area contributed by atoms with Crippen molar-refractivity contribution in [1.82, 2.24) is 14.8 Å². The van der Waals surface area contributed by atoms with Crippen LogP contribution >= 0.6 is 11.8 Å². The maximum absolute atomic E-state index is 13.3. The third kappa shape index (κ3) is 3.92. The maximum Gasteiger partial charge on any atom is 0.270 e. The summed E-state index contributed by atoms with van der Waals surface area (Å²) in [5, 5.41) is 5.99. The van der Waals surface area contributed by atoms with Gasteiger partial charge in [0.1, 0.15) is 19.0 Å². The number of amides is 1. The smallest absolute Gasteiger partial charge is 0.270 e. The van der Waals surface area contributed by atoms with Gasteiger partial charge in [-0.25, -0.2) is 0 Å². The number of carbonyl (C=O) groups is 1. The van der Waals surface area contributed by atoms with E-state index in [0.717, 1.165) is 5.39 Å². The van der Waals surface area contributed by atoms with E-state index >= 15 is 0 Å². The molecule has 1 aromatic carbocycles. The van der Waals surface area contributed by atoms with Gasteiger partial charge in [-0.2, -0.15) is 0 Å². The Kier molecular flexibility index (Phi) is 5.22. The number of benzene rings is 1. The molecule has 3 aromatic rings. The Labute approximate surface area is 204 Å². The predicted octanol–water partition coefficient (Wildman–Crippen LogP) is 2.69. The molecule has 5 heterocycles. The van der Waals surface area contributed by atoms with Gasteiger partial charge in [-0.1, -0.05) is 0 Å². The number of aromatic nitrogens is 3. The highest BCUT2D eigenvalue weighted by atomic mass is 32.2. The summed E-state index contributed by atoms with van der Waals surface area (Å²) < 4.78 is 18.9. The Balaban J connectivity index is 1.48. The van der Waals surface area contributed by atoms with Gasteiger partial charge < -0.3 is 24.5 Å². The number of carbonyl (C=O) groups excluding carboxylic acids is 1. The van der Waals surface area contributed by atoms with Crippen molar-refractivity contribution < 1.29 is 19.0 Å². The van der Waals surface area contributed by atoms with Gasteiger partial charge in [-0.3, -0.25) is 24.2 Å². The van der Waals surface area contributed by atoms with Crippen LogP contribution in [0, 0.1) is 0 Å². The number of hydrogen-bond acceptors (Lipinski definition) is 7. The normalized spacial score (nSPS) is 23.4. The van der Waals surface area contributed by atoms with Gasteiger partial charge in [0.2, 0.25) is 5.91 Å². The van der Waals surface area contributed by atoms with E-state index in [0.29, 0.717) is 66.6 Å². The van der Waals surface area contributed by atoms with Crippen LogP contribution in [0.5, 0.6) is 11.5 Å². The molecule has 1 amide bonds. The van der Waals surface area contributed by atoms with E-state index < -0.39 is 5.25 Å². The second-order valence-electron chi connectivity index (χ2n) is 9.70. The van der Waals surface area contributed by atoms with Gasteiger partial charge in [0.15, 0.2) is 11.5 Å². The van der Waals surface area contributed by atoms with Crippen molar-refractivity contribution in [3.8, 4) is 11.5 Å². The Morgan fingerprint density at radius 2 is 1.80 bits per heavy atom. The highest BCUT2D eigenvalue weighted by molar-refractivity contribution is 8.00. The molecular weight excluding hydrogens is 472 g/mol. The lowest BCUT2D eigenvalue weighted by Crippen LogP contribution is -2.36. The number of aromatic amines is 2. The van der Waals surface area contributed by atoms with Crippen LogP contribution in [0.2, 0.25) is 0 Å². The molecular formula is C24H26N4O6S. The number of ether oxygens (including phenoxy) is 3. The van der Waals surface area contributed by atoms with Crippen LogP contribution in [-0.2, 0) is 9.53 Å². The van der Waals surface area contributed by atoms with E-state index in [1.54, 1.807) is 16.8 Å². The number of nitrogens with zero attached hydrogens (tertiary/aromatic N) is 1. The number of rotatable bonds is 2. The first-order chi connectivity index (χ1) is 16.8. The zero-order chi connectivity index (χ0) is 24.3. The molecule has 1 saturated heterocycles. The average molecular weight is 499 g/mol. The summed E-state index contributed by atoms with van der Waals surface area (Å²) >= 11 is 1.27. The Hall–Kier alpha value is -3.18. The largest absolute Gasteiger partial charge is 0.486 e. The molecule has 2 aromatic heterocycles. The third-order valence-corrected chi connectivity index (χ3v) is 7.97. The van der Waals surface area contributed by atoms with E-state index in [1.165, 1.54) is 11.8 Å². The molecule has 2 atom stereocenters. The van der Waals surface area contributed by atoms with Crippen LogP contribution in [0.25, 0.3) is 10.9 Å². The molecule has 0 unspecified atom stereocenters. The van der Waals surface area contributed by atoms with Gasteiger partial charge in [0.05, 0.1) is 33.7 Å². The van der Waals surface area contributed by atoms with Crippen LogP contribution in [0.1, 0.15) is 49.1 Å². The van der Waals surface area contributed by atoms with Crippen molar-refractivity contribution in [2.75, 3.05) is 30.9 Å². The van der Waals surface area contributed by atoms with Crippen LogP contribution in [0.3, 0.4) is 0 Å². The van der Waals surface area contributed by atoms with Crippen LogP contribution in [-0.4, -0.2) is 51.8 Å². The lowest BCUT2D eigenvalue weighted by Gasteiger charge is -2.36. The predicted molar refractivity (Wildman–Crippen MR) is 132 cm³/mol. The van der Waals surface area contributed by atoms with Gasteiger partial charge in [0, 0.05) is 23.6 Å². The summed E-state index contributed by atoms with van der Waals surface area (Å²) in [4.78, 5) is 42.1. The number of H-pyrrole nitrogens is 2.